The average molecular weight is 318 g/mol. The maximum Gasteiger partial charge on any atom is 0.167 e. The van der Waals surface area contributed by atoms with Gasteiger partial charge in [-0.2, -0.15) is 0 Å². The second-order valence-corrected chi connectivity index (χ2v) is 6.08. The quantitative estimate of drug-likeness (QED) is 0.610. The summed E-state index contributed by atoms with van der Waals surface area (Å²) in [6.07, 6.45) is 4.29. The first kappa shape index (κ1) is 14.6. The van der Waals surface area contributed by atoms with Gasteiger partial charge < -0.3 is 29.9 Å². The number of aromatic nitrogens is 3. The molecule has 8 heteroatoms. The molecule has 0 radical (unpaired) electrons. The molecule has 2 aliphatic heterocycles. The molecule has 1 saturated heterocycles. The Morgan fingerprint density at radius 3 is 3.04 bits per heavy atom. The third-order valence-electron chi connectivity index (χ3n) is 4.51. The highest BCUT2D eigenvalue weighted by atomic mass is 16.6. The molecule has 0 amide bonds. The standard InChI is InChI=1S/C15H18N4O4/c1-15(22)11(21)9(6-20)23-14(15)19-5-8-3-2-4-16-12-10(8)13(19)18-7-17-12/h2-3,5,7,9,11,14,20-22H,4,6H2,1H3,(H,16,17,18)/t9-,11-,14-,15?/m1/s1. The van der Waals surface area contributed by atoms with Gasteiger partial charge in [0.25, 0.3) is 0 Å². The van der Waals surface area contributed by atoms with Crippen LogP contribution in [0.2, 0.25) is 0 Å². The van der Waals surface area contributed by atoms with Crippen molar-refractivity contribution >= 4 is 22.9 Å². The van der Waals surface area contributed by atoms with Crippen LogP contribution >= 0.6 is 0 Å². The van der Waals surface area contributed by atoms with Crippen LogP contribution in [0.1, 0.15) is 18.7 Å². The van der Waals surface area contributed by atoms with Crippen LogP contribution in [0, 0.1) is 0 Å². The molecule has 1 fully saturated rings. The fourth-order valence-electron chi connectivity index (χ4n) is 3.28. The summed E-state index contributed by atoms with van der Waals surface area (Å²) < 4.78 is 7.38. The van der Waals surface area contributed by atoms with Crippen molar-refractivity contribution in [2.24, 2.45) is 0 Å². The molecule has 0 bridgehead atoms. The topological polar surface area (TPSA) is 113 Å². The monoisotopic (exact) mass is 318 g/mol. The zero-order chi connectivity index (χ0) is 16.2. The minimum Gasteiger partial charge on any atom is -0.394 e. The van der Waals surface area contributed by atoms with Gasteiger partial charge in [0.2, 0.25) is 0 Å². The molecule has 4 heterocycles. The van der Waals surface area contributed by atoms with E-state index in [1.54, 1.807) is 4.57 Å². The molecule has 4 atom stereocenters. The molecule has 4 rings (SSSR count). The zero-order valence-corrected chi connectivity index (χ0v) is 12.5. The lowest BCUT2D eigenvalue weighted by molar-refractivity contribution is -0.0948. The number of rotatable bonds is 2. The van der Waals surface area contributed by atoms with E-state index in [4.69, 9.17) is 4.74 Å². The van der Waals surface area contributed by atoms with E-state index in [1.807, 2.05) is 18.3 Å². The van der Waals surface area contributed by atoms with Crippen LogP contribution in [0.3, 0.4) is 0 Å². The summed E-state index contributed by atoms with van der Waals surface area (Å²) in [5, 5.41) is 34.2. The highest BCUT2D eigenvalue weighted by Gasteiger charge is 2.53. The van der Waals surface area contributed by atoms with E-state index >= 15 is 0 Å². The summed E-state index contributed by atoms with van der Waals surface area (Å²) in [7, 11) is 0. The number of nitrogens with zero attached hydrogens (tertiary/aromatic N) is 3. The van der Waals surface area contributed by atoms with Gasteiger partial charge in [0.1, 0.15) is 35.6 Å². The van der Waals surface area contributed by atoms with Crippen LogP contribution in [0.25, 0.3) is 17.1 Å². The van der Waals surface area contributed by atoms with Crippen LogP contribution in [-0.2, 0) is 4.74 Å². The molecule has 2 aromatic rings. The Morgan fingerprint density at radius 1 is 1.48 bits per heavy atom. The summed E-state index contributed by atoms with van der Waals surface area (Å²) in [6, 6.07) is 0. The fraction of sp³-hybridized carbons (Fsp3) is 0.467. The van der Waals surface area contributed by atoms with Gasteiger partial charge in [-0.25, -0.2) is 9.97 Å². The van der Waals surface area contributed by atoms with E-state index < -0.39 is 24.0 Å². The smallest absolute Gasteiger partial charge is 0.167 e. The third kappa shape index (κ3) is 1.99. The SMILES string of the molecule is CC1(O)[C@H](O)[C@@H](CO)O[C@H]1n1cc2c3c(ncnc31)NCC=C2. The molecule has 2 aliphatic rings. The zero-order valence-electron chi connectivity index (χ0n) is 12.5. The first-order valence-electron chi connectivity index (χ1n) is 7.46. The van der Waals surface area contributed by atoms with Crippen molar-refractivity contribution in [3.05, 3.63) is 24.2 Å². The predicted octanol–water partition coefficient (Wildman–Crippen LogP) is -0.128. The average Bonchev–Trinajstić information content (AvgIpc) is 2.90. The van der Waals surface area contributed by atoms with Crippen molar-refractivity contribution < 1.29 is 20.1 Å². The van der Waals surface area contributed by atoms with Crippen LogP contribution in [0.5, 0.6) is 0 Å². The maximum absolute atomic E-state index is 10.7. The summed E-state index contributed by atoms with van der Waals surface area (Å²) >= 11 is 0. The van der Waals surface area contributed by atoms with Gasteiger partial charge in [-0.05, 0) is 6.92 Å². The van der Waals surface area contributed by atoms with Crippen molar-refractivity contribution in [1.29, 1.82) is 0 Å². The lowest BCUT2D eigenvalue weighted by atomic mass is 9.96. The summed E-state index contributed by atoms with van der Waals surface area (Å²) in [5.41, 5.74) is -0.0507. The van der Waals surface area contributed by atoms with Crippen molar-refractivity contribution in [1.82, 2.24) is 14.5 Å². The van der Waals surface area contributed by atoms with E-state index in [2.05, 4.69) is 15.3 Å². The predicted molar refractivity (Wildman–Crippen MR) is 82.7 cm³/mol. The molecule has 0 spiro atoms. The number of nitrogens with one attached hydrogen (secondary N) is 1. The molecule has 0 aliphatic carbocycles. The van der Waals surface area contributed by atoms with Gasteiger partial charge in [0, 0.05) is 18.3 Å². The van der Waals surface area contributed by atoms with Crippen LogP contribution in [0.4, 0.5) is 5.82 Å². The molecule has 23 heavy (non-hydrogen) atoms. The second kappa shape index (κ2) is 5.00. The highest BCUT2D eigenvalue weighted by Crippen LogP contribution is 2.41. The first-order chi connectivity index (χ1) is 11.0. The lowest BCUT2D eigenvalue weighted by Crippen LogP contribution is -2.44. The van der Waals surface area contributed by atoms with E-state index in [-0.39, 0.29) is 6.61 Å². The Morgan fingerprint density at radius 2 is 2.30 bits per heavy atom. The molecule has 8 nitrogen and oxygen atoms in total. The van der Waals surface area contributed by atoms with Crippen LogP contribution < -0.4 is 5.32 Å². The van der Waals surface area contributed by atoms with E-state index in [0.29, 0.717) is 18.0 Å². The minimum absolute atomic E-state index is 0.373. The Kier molecular flexibility index (Phi) is 3.17. The van der Waals surface area contributed by atoms with Gasteiger partial charge in [0.15, 0.2) is 6.23 Å². The second-order valence-electron chi connectivity index (χ2n) is 6.08. The number of anilines is 1. The van der Waals surface area contributed by atoms with Gasteiger partial charge >= 0.3 is 0 Å². The lowest BCUT2D eigenvalue weighted by Gasteiger charge is -2.27. The Hall–Kier alpha value is -2.00. The van der Waals surface area contributed by atoms with Gasteiger partial charge in [-0.15, -0.1) is 0 Å². The molecule has 4 N–H and O–H groups in total. The van der Waals surface area contributed by atoms with Crippen molar-refractivity contribution in [3.63, 3.8) is 0 Å². The van der Waals surface area contributed by atoms with Crippen LogP contribution in [0.15, 0.2) is 18.6 Å². The first-order valence-corrected chi connectivity index (χ1v) is 7.46. The normalized spacial score (nSPS) is 33.0. The summed E-state index contributed by atoms with van der Waals surface area (Å²) in [4.78, 5) is 8.57. The number of ether oxygens (including phenoxy) is 1. The van der Waals surface area contributed by atoms with E-state index in [0.717, 1.165) is 10.9 Å². The molecular formula is C15H18N4O4. The van der Waals surface area contributed by atoms with Crippen LogP contribution in [-0.4, -0.2) is 60.8 Å². The minimum atomic E-state index is -1.55. The van der Waals surface area contributed by atoms with Gasteiger partial charge in [-0.3, -0.25) is 0 Å². The Labute approximate surface area is 132 Å². The van der Waals surface area contributed by atoms with E-state index in [9.17, 15) is 15.3 Å². The van der Waals surface area contributed by atoms with E-state index in [1.165, 1.54) is 13.3 Å². The molecular weight excluding hydrogens is 300 g/mol. The molecule has 2 aromatic heterocycles. The largest absolute Gasteiger partial charge is 0.394 e. The number of hydrogen-bond acceptors (Lipinski definition) is 7. The summed E-state index contributed by atoms with van der Waals surface area (Å²) in [5.74, 6) is 0.714. The van der Waals surface area contributed by atoms with Gasteiger partial charge in [-0.1, -0.05) is 12.2 Å². The highest BCUT2D eigenvalue weighted by molar-refractivity contribution is 5.96. The van der Waals surface area contributed by atoms with Gasteiger partial charge in [0.05, 0.1) is 12.0 Å². The molecule has 0 aromatic carbocycles. The third-order valence-corrected chi connectivity index (χ3v) is 4.51. The summed E-state index contributed by atoms with van der Waals surface area (Å²) in [6.45, 7) is 1.79. The number of aliphatic hydroxyl groups is 3. The van der Waals surface area contributed by atoms with Crippen molar-refractivity contribution in [3.8, 4) is 0 Å². The maximum atomic E-state index is 10.7. The van der Waals surface area contributed by atoms with Crippen molar-refractivity contribution in [2.45, 2.75) is 31.0 Å². The fourth-order valence-corrected chi connectivity index (χ4v) is 3.28. The number of hydrogen-bond donors (Lipinski definition) is 4. The Bertz CT molecular complexity index is 785. The number of aliphatic hydroxyl groups excluding tert-OH is 2. The molecule has 122 valence electrons. The molecule has 1 unspecified atom stereocenters. The molecule has 0 saturated carbocycles. The van der Waals surface area contributed by atoms with Crippen molar-refractivity contribution in [2.75, 3.05) is 18.5 Å². The Balaban J connectivity index is 1.90.